The van der Waals surface area contributed by atoms with Gasteiger partial charge in [-0.3, -0.25) is 37.3 Å². The van der Waals surface area contributed by atoms with E-state index in [0.717, 1.165) is 120 Å². The number of phosphoric acid groups is 2. The highest BCUT2D eigenvalue weighted by Crippen LogP contribution is 2.45. The number of carbonyl (C=O) groups excluding carboxylic acids is 4. The van der Waals surface area contributed by atoms with Gasteiger partial charge in [0.15, 0.2) is 12.2 Å². The highest BCUT2D eigenvalue weighted by Gasteiger charge is 2.30. The van der Waals surface area contributed by atoms with Crippen LogP contribution >= 0.6 is 15.6 Å². The average Bonchev–Trinajstić information content (AvgIpc) is 1.83. The fraction of sp³-hybridized carbons (Fsp3) is 0.948. The van der Waals surface area contributed by atoms with Crippen LogP contribution in [0.3, 0.4) is 0 Å². The molecule has 3 N–H and O–H groups in total. The van der Waals surface area contributed by atoms with Crippen molar-refractivity contribution in [2.24, 2.45) is 23.7 Å². The second-order valence-corrected chi connectivity index (χ2v) is 32.3. The third-order valence-corrected chi connectivity index (χ3v) is 20.1. The first-order valence-electron chi connectivity index (χ1n) is 39.7. The van der Waals surface area contributed by atoms with Crippen molar-refractivity contribution in [1.82, 2.24) is 0 Å². The van der Waals surface area contributed by atoms with Gasteiger partial charge in [0.1, 0.15) is 19.3 Å². The maximum absolute atomic E-state index is 13.1. The molecule has 0 amide bonds. The first-order valence-corrected chi connectivity index (χ1v) is 42.7. The molecule has 0 fully saturated rings. The SMILES string of the molecule is CCC(C)CCCCCCCCC(=O)OC[C@H](COP(=O)(O)OC[C@H](O)COP(=O)(O)OC[C@@H](COC(=O)CCCCCCCCCCCCCCCCC(C)C)OC(=O)CCCCCCCCCCCCCCC(C)C)OC(=O)CCCCCCCCCCCCCC(C)C. The lowest BCUT2D eigenvalue weighted by molar-refractivity contribution is -0.161. The van der Waals surface area contributed by atoms with Crippen molar-refractivity contribution in [2.75, 3.05) is 39.6 Å². The van der Waals surface area contributed by atoms with E-state index in [1.54, 1.807) is 0 Å². The number of aliphatic hydroxyl groups excluding tert-OH is 1. The Morgan fingerprint density at radius 1 is 0.292 bits per heavy atom. The largest absolute Gasteiger partial charge is 0.472 e. The van der Waals surface area contributed by atoms with Crippen LogP contribution in [-0.4, -0.2) is 96.7 Å². The van der Waals surface area contributed by atoms with Gasteiger partial charge in [0.2, 0.25) is 0 Å². The summed E-state index contributed by atoms with van der Waals surface area (Å²) in [5.74, 6) is 0.952. The van der Waals surface area contributed by atoms with E-state index in [-0.39, 0.29) is 25.7 Å². The van der Waals surface area contributed by atoms with Gasteiger partial charge in [-0.15, -0.1) is 0 Å². The molecule has 0 aliphatic heterocycles. The molecule has 0 saturated heterocycles. The van der Waals surface area contributed by atoms with E-state index in [1.807, 2.05) is 0 Å². The van der Waals surface area contributed by atoms with Crippen molar-refractivity contribution in [3.05, 3.63) is 0 Å². The maximum Gasteiger partial charge on any atom is 0.472 e. The normalized spacial score (nSPS) is 14.4. The minimum Gasteiger partial charge on any atom is -0.462 e. The molecule has 19 heteroatoms. The van der Waals surface area contributed by atoms with Gasteiger partial charge in [-0.05, 0) is 49.4 Å². The summed E-state index contributed by atoms with van der Waals surface area (Å²) in [6.07, 6.45) is 51.3. The molecule has 0 bridgehead atoms. The Bertz CT molecular complexity index is 1890. The van der Waals surface area contributed by atoms with Gasteiger partial charge in [0, 0.05) is 25.7 Å². The van der Waals surface area contributed by atoms with E-state index in [4.69, 9.17) is 37.0 Å². The number of rotatable bonds is 74. The zero-order valence-electron chi connectivity index (χ0n) is 63.0. The molecule has 6 atom stereocenters. The van der Waals surface area contributed by atoms with Crippen LogP contribution in [0.4, 0.5) is 0 Å². The van der Waals surface area contributed by atoms with Crippen molar-refractivity contribution < 1.29 is 80.2 Å². The second kappa shape index (κ2) is 66.3. The fourth-order valence-corrected chi connectivity index (χ4v) is 13.3. The summed E-state index contributed by atoms with van der Waals surface area (Å²) in [6, 6.07) is 0. The Hall–Kier alpha value is -1.94. The number of unbranched alkanes of at least 4 members (excludes halogenated alkanes) is 39. The van der Waals surface area contributed by atoms with Crippen LogP contribution < -0.4 is 0 Å². The number of ether oxygens (including phenoxy) is 4. The number of hydrogen-bond donors (Lipinski definition) is 3. The Morgan fingerprint density at radius 2 is 0.500 bits per heavy atom. The molecule has 96 heavy (non-hydrogen) atoms. The van der Waals surface area contributed by atoms with Crippen LogP contribution in [0.1, 0.15) is 389 Å². The summed E-state index contributed by atoms with van der Waals surface area (Å²) in [6.45, 7) is 14.2. The second-order valence-electron chi connectivity index (χ2n) is 29.4. The minimum absolute atomic E-state index is 0.105. The van der Waals surface area contributed by atoms with Crippen LogP contribution in [0, 0.1) is 23.7 Å². The standard InChI is InChI=1S/C77H150O17P2/c1-9-70(8)56-48-40-35-36-42-50-58-75(80)88-64-73(94-77(82)60-52-44-34-28-22-16-19-25-31-39-47-55-69(6)7)66-92-96(85,86)90-62-71(78)61-89-95(83,84)91-65-72(93-76(81)59-51-43-33-27-21-15-14-18-24-30-38-46-54-68(4)5)63-87-74(79)57-49-41-32-26-20-13-11-10-12-17-23-29-37-45-53-67(2)3/h67-73,78H,9-66H2,1-8H3,(H,83,84)(H,85,86)/t70?,71-,72-,73-/m1/s1. The summed E-state index contributed by atoms with van der Waals surface area (Å²) >= 11 is 0. The smallest absolute Gasteiger partial charge is 0.462 e. The van der Waals surface area contributed by atoms with Gasteiger partial charge in [0.05, 0.1) is 26.4 Å². The molecule has 17 nitrogen and oxygen atoms in total. The highest BCUT2D eigenvalue weighted by molar-refractivity contribution is 7.47. The first kappa shape index (κ1) is 94.1. The van der Waals surface area contributed by atoms with Crippen LogP contribution in [0.5, 0.6) is 0 Å². The van der Waals surface area contributed by atoms with Crippen molar-refractivity contribution in [2.45, 2.75) is 408 Å². The number of esters is 4. The summed E-state index contributed by atoms with van der Waals surface area (Å²) < 4.78 is 68.6. The van der Waals surface area contributed by atoms with Gasteiger partial charge in [-0.25, -0.2) is 9.13 Å². The Kier molecular flexibility index (Phi) is 65.0. The molecule has 0 aliphatic rings. The molecular weight excluding hydrogens is 1260 g/mol. The molecule has 0 aliphatic carbocycles. The van der Waals surface area contributed by atoms with Crippen molar-refractivity contribution in [1.29, 1.82) is 0 Å². The van der Waals surface area contributed by atoms with Crippen molar-refractivity contribution in [3.63, 3.8) is 0 Å². The van der Waals surface area contributed by atoms with E-state index in [1.165, 1.54) is 186 Å². The molecule has 0 heterocycles. The third kappa shape index (κ3) is 69.2. The van der Waals surface area contributed by atoms with Crippen molar-refractivity contribution >= 4 is 39.5 Å². The van der Waals surface area contributed by atoms with Crippen LogP contribution in [0.25, 0.3) is 0 Å². The van der Waals surface area contributed by atoms with E-state index in [9.17, 15) is 43.2 Å². The molecule has 3 unspecified atom stereocenters. The van der Waals surface area contributed by atoms with E-state index in [2.05, 4.69) is 55.4 Å². The first-order chi connectivity index (χ1) is 46.1. The number of aliphatic hydroxyl groups is 1. The molecule has 0 aromatic carbocycles. The predicted octanol–water partition coefficient (Wildman–Crippen LogP) is 22.4. The lowest BCUT2D eigenvalue weighted by Crippen LogP contribution is -2.30. The van der Waals surface area contributed by atoms with Gasteiger partial charge in [-0.2, -0.15) is 0 Å². The van der Waals surface area contributed by atoms with Gasteiger partial charge < -0.3 is 33.8 Å². The number of carbonyl (C=O) groups is 4. The summed E-state index contributed by atoms with van der Waals surface area (Å²) in [5, 5.41) is 10.6. The topological polar surface area (TPSA) is 237 Å². The third-order valence-electron chi connectivity index (χ3n) is 18.2. The summed E-state index contributed by atoms with van der Waals surface area (Å²) in [7, 11) is -9.92. The molecule has 0 aromatic heterocycles. The molecule has 0 aromatic rings. The fourth-order valence-electron chi connectivity index (χ4n) is 11.7. The van der Waals surface area contributed by atoms with Crippen LogP contribution in [0.2, 0.25) is 0 Å². The zero-order chi connectivity index (χ0) is 71.0. The monoisotopic (exact) mass is 1410 g/mol. The lowest BCUT2D eigenvalue weighted by Gasteiger charge is -2.21. The Balaban J connectivity index is 5.26. The minimum atomic E-state index is -4.96. The van der Waals surface area contributed by atoms with Crippen molar-refractivity contribution in [3.8, 4) is 0 Å². The van der Waals surface area contributed by atoms with E-state index < -0.39 is 97.5 Å². The highest BCUT2D eigenvalue weighted by atomic mass is 31.2. The quantitative estimate of drug-likeness (QED) is 0.0222. The zero-order valence-corrected chi connectivity index (χ0v) is 64.8. The van der Waals surface area contributed by atoms with E-state index >= 15 is 0 Å². The lowest BCUT2D eigenvalue weighted by atomic mass is 10.00. The molecule has 0 saturated carbocycles. The summed E-state index contributed by atoms with van der Waals surface area (Å²) in [4.78, 5) is 72.9. The Morgan fingerprint density at radius 3 is 0.740 bits per heavy atom. The predicted molar refractivity (Wildman–Crippen MR) is 391 cm³/mol. The van der Waals surface area contributed by atoms with Gasteiger partial charge in [-0.1, -0.05) is 338 Å². The van der Waals surface area contributed by atoms with Crippen LogP contribution in [0.15, 0.2) is 0 Å². The van der Waals surface area contributed by atoms with Gasteiger partial charge in [0.25, 0.3) is 0 Å². The molecular formula is C77H150O17P2. The molecule has 0 radical (unpaired) electrons. The van der Waals surface area contributed by atoms with Crippen LogP contribution in [-0.2, 0) is 65.4 Å². The van der Waals surface area contributed by atoms with E-state index in [0.29, 0.717) is 25.7 Å². The molecule has 0 rings (SSSR count). The number of hydrogen-bond acceptors (Lipinski definition) is 15. The molecule has 570 valence electrons. The summed E-state index contributed by atoms with van der Waals surface area (Å²) in [5.41, 5.74) is 0. The number of phosphoric ester groups is 2. The van der Waals surface area contributed by atoms with Gasteiger partial charge >= 0.3 is 39.5 Å². The molecule has 0 spiro atoms. The Labute approximate surface area is 588 Å². The average molecular weight is 1410 g/mol. The maximum atomic E-state index is 13.1.